The third-order valence-corrected chi connectivity index (χ3v) is 2.01. The molecule has 15 heavy (non-hydrogen) atoms. The summed E-state index contributed by atoms with van der Waals surface area (Å²) >= 11 is 0. The topological polar surface area (TPSA) is 61.9 Å². The number of nitrogens with one attached hydrogen (secondary N) is 1. The second-order valence-electron chi connectivity index (χ2n) is 4.75. The zero-order valence-electron chi connectivity index (χ0n) is 9.96. The molecule has 1 amide bonds. The molecule has 0 aliphatic rings. The molecule has 1 N–H and O–H groups in total. The molecule has 0 atom stereocenters. The normalized spacial score (nSPS) is 11.5. The first kappa shape index (κ1) is 11.7. The third-order valence-electron chi connectivity index (χ3n) is 2.01. The van der Waals surface area contributed by atoms with Gasteiger partial charge < -0.3 is 4.90 Å². The summed E-state index contributed by atoms with van der Waals surface area (Å²) in [5.74, 6) is 1.50. The fourth-order valence-corrected chi connectivity index (χ4v) is 1.32. The van der Waals surface area contributed by atoms with Crippen LogP contribution >= 0.6 is 0 Å². The number of carbonyl (C=O) groups is 1. The van der Waals surface area contributed by atoms with Crippen molar-refractivity contribution in [3.63, 3.8) is 0 Å². The van der Waals surface area contributed by atoms with Crippen LogP contribution in [0.2, 0.25) is 0 Å². The highest BCUT2D eigenvalue weighted by molar-refractivity contribution is 5.81. The van der Waals surface area contributed by atoms with E-state index in [1.54, 1.807) is 11.9 Å². The Morgan fingerprint density at radius 1 is 1.47 bits per heavy atom. The quantitative estimate of drug-likeness (QED) is 0.795. The molecular weight excluding hydrogens is 192 g/mol. The molecule has 84 valence electrons. The fourth-order valence-electron chi connectivity index (χ4n) is 1.32. The van der Waals surface area contributed by atoms with Crippen LogP contribution < -0.4 is 0 Å². The van der Waals surface area contributed by atoms with Crippen molar-refractivity contribution in [2.45, 2.75) is 34.2 Å². The molecular formula is C10H18N4O. The summed E-state index contributed by atoms with van der Waals surface area (Å²) < 4.78 is 0. The van der Waals surface area contributed by atoms with Gasteiger partial charge in [-0.15, -0.1) is 0 Å². The molecule has 0 saturated heterocycles. The smallest absolute Gasteiger partial charge is 0.228 e. The van der Waals surface area contributed by atoms with Crippen LogP contribution in [0.1, 0.15) is 32.4 Å². The number of aromatic nitrogens is 3. The summed E-state index contributed by atoms with van der Waals surface area (Å²) in [5.41, 5.74) is -0.361. The molecule has 0 unspecified atom stereocenters. The number of carbonyl (C=O) groups excluding carboxylic acids is 1. The molecule has 0 saturated carbocycles. The van der Waals surface area contributed by atoms with Crippen molar-refractivity contribution in [1.82, 2.24) is 20.1 Å². The Hall–Kier alpha value is -1.39. The fraction of sp³-hybridized carbons (Fsp3) is 0.700. The van der Waals surface area contributed by atoms with Crippen LogP contribution in [0.5, 0.6) is 0 Å². The Morgan fingerprint density at radius 3 is 2.47 bits per heavy atom. The average Bonchev–Trinajstić information content (AvgIpc) is 2.48. The largest absolute Gasteiger partial charge is 0.338 e. The second kappa shape index (κ2) is 4.00. The summed E-state index contributed by atoms with van der Waals surface area (Å²) in [4.78, 5) is 17.6. The number of H-pyrrole nitrogens is 1. The minimum absolute atomic E-state index is 0.0879. The molecule has 0 bridgehead atoms. The highest BCUT2D eigenvalue weighted by Gasteiger charge is 2.25. The van der Waals surface area contributed by atoms with Gasteiger partial charge in [-0.25, -0.2) is 4.98 Å². The van der Waals surface area contributed by atoms with Crippen LogP contribution in [0.25, 0.3) is 0 Å². The Balaban J connectivity index is 2.64. The first-order valence-electron chi connectivity index (χ1n) is 4.94. The van der Waals surface area contributed by atoms with E-state index in [0.29, 0.717) is 12.4 Å². The summed E-state index contributed by atoms with van der Waals surface area (Å²) in [6, 6.07) is 0. The number of amides is 1. The van der Waals surface area contributed by atoms with Crippen LogP contribution in [0.3, 0.4) is 0 Å². The second-order valence-corrected chi connectivity index (χ2v) is 4.75. The molecule has 0 aromatic carbocycles. The van der Waals surface area contributed by atoms with Crippen LogP contribution in [-0.2, 0) is 11.3 Å². The van der Waals surface area contributed by atoms with E-state index in [1.165, 1.54) is 0 Å². The lowest BCUT2D eigenvalue weighted by molar-refractivity contribution is -0.138. The van der Waals surface area contributed by atoms with Crippen LogP contribution in [0.15, 0.2) is 0 Å². The molecule has 5 heteroatoms. The van der Waals surface area contributed by atoms with Crippen LogP contribution in [-0.4, -0.2) is 33.0 Å². The summed E-state index contributed by atoms with van der Waals surface area (Å²) in [5, 5.41) is 6.74. The SMILES string of the molecule is Cc1nc(CN(C)C(=O)C(C)(C)C)n[nH]1. The summed E-state index contributed by atoms with van der Waals surface area (Å²) in [6.45, 7) is 7.97. The van der Waals surface area contributed by atoms with Crippen molar-refractivity contribution in [2.24, 2.45) is 5.41 Å². The zero-order valence-corrected chi connectivity index (χ0v) is 9.96. The van der Waals surface area contributed by atoms with Crippen molar-refractivity contribution in [2.75, 3.05) is 7.05 Å². The molecule has 0 fully saturated rings. The van der Waals surface area contributed by atoms with E-state index in [-0.39, 0.29) is 11.3 Å². The monoisotopic (exact) mass is 210 g/mol. The van der Waals surface area contributed by atoms with Gasteiger partial charge in [-0.05, 0) is 6.92 Å². The van der Waals surface area contributed by atoms with E-state index in [9.17, 15) is 4.79 Å². The average molecular weight is 210 g/mol. The summed E-state index contributed by atoms with van der Waals surface area (Å²) in [6.07, 6.45) is 0. The molecule has 1 aromatic heterocycles. The predicted molar refractivity (Wildman–Crippen MR) is 57.0 cm³/mol. The molecule has 5 nitrogen and oxygen atoms in total. The van der Waals surface area contributed by atoms with Gasteiger partial charge in [-0.2, -0.15) is 5.10 Å². The van der Waals surface area contributed by atoms with Crippen molar-refractivity contribution >= 4 is 5.91 Å². The lowest BCUT2D eigenvalue weighted by Gasteiger charge is -2.24. The predicted octanol–water partition coefficient (Wildman–Crippen LogP) is 1.12. The van der Waals surface area contributed by atoms with Crippen molar-refractivity contribution < 1.29 is 4.79 Å². The zero-order chi connectivity index (χ0) is 11.6. The number of hydrogen-bond acceptors (Lipinski definition) is 3. The molecule has 0 aliphatic heterocycles. The van der Waals surface area contributed by atoms with E-state index in [1.807, 2.05) is 27.7 Å². The van der Waals surface area contributed by atoms with Crippen molar-refractivity contribution in [1.29, 1.82) is 0 Å². The summed E-state index contributed by atoms with van der Waals surface area (Å²) in [7, 11) is 1.76. The van der Waals surface area contributed by atoms with Gasteiger partial charge in [0.1, 0.15) is 5.82 Å². The third kappa shape index (κ3) is 3.04. The molecule has 0 aliphatic carbocycles. The molecule has 0 spiro atoms. The van der Waals surface area contributed by atoms with Gasteiger partial charge in [0.2, 0.25) is 5.91 Å². The van der Waals surface area contributed by atoms with Gasteiger partial charge >= 0.3 is 0 Å². The Kier molecular flexibility index (Phi) is 3.12. The minimum Gasteiger partial charge on any atom is -0.338 e. The number of aryl methyl sites for hydroxylation is 1. The Labute approximate surface area is 89.9 Å². The van der Waals surface area contributed by atoms with E-state index < -0.39 is 0 Å². The molecule has 0 radical (unpaired) electrons. The first-order valence-corrected chi connectivity index (χ1v) is 4.94. The van der Waals surface area contributed by atoms with E-state index in [4.69, 9.17) is 0 Å². The van der Waals surface area contributed by atoms with Gasteiger partial charge in [-0.3, -0.25) is 9.89 Å². The van der Waals surface area contributed by atoms with Crippen LogP contribution in [0.4, 0.5) is 0 Å². The van der Waals surface area contributed by atoms with Crippen molar-refractivity contribution in [3.8, 4) is 0 Å². The Bertz CT molecular complexity index is 351. The molecule has 1 rings (SSSR count). The number of aromatic amines is 1. The highest BCUT2D eigenvalue weighted by Crippen LogP contribution is 2.17. The standard InChI is InChI=1S/C10H18N4O/c1-7-11-8(13-12-7)6-14(5)9(15)10(2,3)4/h6H2,1-5H3,(H,11,12,13). The van der Waals surface area contributed by atoms with Gasteiger partial charge in [0.05, 0.1) is 6.54 Å². The minimum atomic E-state index is -0.361. The maximum absolute atomic E-state index is 11.8. The maximum atomic E-state index is 11.8. The van der Waals surface area contributed by atoms with Gasteiger partial charge in [-0.1, -0.05) is 20.8 Å². The van der Waals surface area contributed by atoms with E-state index in [0.717, 1.165) is 5.82 Å². The lowest BCUT2D eigenvalue weighted by Crippen LogP contribution is -2.36. The number of nitrogens with zero attached hydrogens (tertiary/aromatic N) is 3. The lowest BCUT2D eigenvalue weighted by atomic mass is 9.95. The van der Waals surface area contributed by atoms with Gasteiger partial charge in [0.25, 0.3) is 0 Å². The van der Waals surface area contributed by atoms with Crippen molar-refractivity contribution in [3.05, 3.63) is 11.6 Å². The maximum Gasteiger partial charge on any atom is 0.228 e. The van der Waals surface area contributed by atoms with E-state index >= 15 is 0 Å². The molecule has 1 heterocycles. The number of hydrogen-bond donors (Lipinski definition) is 1. The van der Waals surface area contributed by atoms with E-state index in [2.05, 4.69) is 15.2 Å². The van der Waals surface area contributed by atoms with Gasteiger partial charge in [0, 0.05) is 12.5 Å². The van der Waals surface area contributed by atoms with Gasteiger partial charge in [0.15, 0.2) is 5.82 Å². The highest BCUT2D eigenvalue weighted by atomic mass is 16.2. The van der Waals surface area contributed by atoms with Crippen LogP contribution in [0, 0.1) is 12.3 Å². The number of rotatable bonds is 2. The Morgan fingerprint density at radius 2 is 2.07 bits per heavy atom. The first-order chi connectivity index (χ1) is 6.80. The molecule has 1 aromatic rings.